The summed E-state index contributed by atoms with van der Waals surface area (Å²) in [4.78, 5) is 25.6. The van der Waals surface area contributed by atoms with E-state index in [9.17, 15) is 19.4 Å². The molecule has 1 aliphatic rings. The summed E-state index contributed by atoms with van der Waals surface area (Å²) >= 11 is 0. The van der Waals surface area contributed by atoms with Crippen molar-refractivity contribution in [3.8, 4) is 17.1 Å². The van der Waals surface area contributed by atoms with E-state index in [1.54, 1.807) is 35.2 Å². The summed E-state index contributed by atoms with van der Waals surface area (Å²) in [7, 11) is 0. The zero-order valence-corrected chi connectivity index (χ0v) is 20.3. The highest BCUT2D eigenvalue weighted by molar-refractivity contribution is 5.91. The van der Waals surface area contributed by atoms with Gasteiger partial charge in [0.05, 0.1) is 11.1 Å². The Kier molecular flexibility index (Phi) is 7.63. The molecule has 1 aliphatic heterocycles. The molecule has 0 radical (unpaired) electrons. The van der Waals surface area contributed by atoms with Gasteiger partial charge in [-0.1, -0.05) is 32.9 Å². The lowest BCUT2D eigenvalue weighted by Gasteiger charge is -2.37. The highest BCUT2D eigenvalue weighted by Crippen LogP contribution is 2.32. The number of halogens is 2. The Morgan fingerprint density at radius 2 is 1.76 bits per heavy atom. The van der Waals surface area contributed by atoms with Gasteiger partial charge in [-0.25, -0.2) is 14.4 Å². The van der Waals surface area contributed by atoms with Crippen molar-refractivity contribution in [2.75, 3.05) is 31.1 Å². The van der Waals surface area contributed by atoms with Crippen LogP contribution in [0.4, 0.5) is 10.2 Å². The first-order valence-corrected chi connectivity index (χ1v) is 11.1. The third-order valence-corrected chi connectivity index (χ3v) is 5.76. The second-order valence-corrected chi connectivity index (χ2v) is 9.64. The van der Waals surface area contributed by atoms with Crippen molar-refractivity contribution in [3.05, 3.63) is 48.3 Å². The van der Waals surface area contributed by atoms with Crippen molar-refractivity contribution >= 4 is 35.0 Å². The standard InChI is InChI=1S/C25H29FN4O3.ClH/c1-25(2,3)15-21(32)24(33)30-12-10-29(11-13-30)23-18-14-16(26)8-9-19(18)27-22(28-23)17-6-4-5-7-20(17)31;/h4-9,14,21,31-32H,10-13,15H2,1-3H3;1H/t21-;/m1./s1. The predicted molar refractivity (Wildman–Crippen MR) is 133 cm³/mol. The first kappa shape index (κ1) is 25.6. The molecule has 1 atom stereocenters. The molecule has 3 aromatic rings. The van der Waals surface area contributed by atoms with Gasteiger partial charge in [0.2, 0.25) is 0 Å². The zero-order chi connectivity index (χ0) is 23.8. The molecule has 7 nitrogen and oxygen atoms in total. The summed E-state index contributed by atoms with van der Waals surface area (Å²) < 4.78 is 14.1. The van der Waals surface area contributed by atoms with Crippen LogP contribution in [0.25, 0.3) is 22.3 Å². The minimum atomic E-state index is -1.03. The van der Waals surface area contributed by atoms with Gasteiger partial charge in [-0.05, 0) is 42.2 Å². The number of piperazine rings is 1. The third-order valence-electron chi connectivity index (χ3n) is 5.76. The number of benzene rings is 2. The smallest absolute Gasteiger partial charge is 0.251 e. The Balaban J connectivity index is 0.00000324. The molecule has 0 unspecified atom stereocenters. The van der Waals surface area contributed by atoms with Crippen molar-refractivity contribution in [2.24, 2.45) is 5.41 Å². The van der Waals surface area contributed by atoms with Crippen molar-refractivity contribution in [1.82, 2.24) is 14.9 Å². The van der Waals surface area contributed by atoms with Gasteiger partial charge in [0.1, 0.15) is 23.5 Å². The van der Waals surface area contributed by atoms with Crippen molar-refractivity contribution in [1.29, 1.82) is 0 Å². The highest BCUT2D eigenvalue weighted by Gasteiger charge is 2.30. The lowest BCUT2D eigenvalue weighted by molar-refractivity contribution is -0.142. The number of para-hydroxylation sites is 1. The number of amides is 1. The minimum Gasteiger partial charge on any atom is -0.507 e. The molecule has 0 aliphatic carbocycles. The Morgan fingerprint density at radius 3 is 2.41 bits per heavy atom. The summed E-state index contributed by atoms with van der Waals surface area (Å²) in [5.74, 6) is 0.314. The number of rotatable bonds is 4. The van der Waals surface area contributed by atoms with E-state index in [1.165, 1.54) is 12.1 Å². The molecular weight excluding hydrogens is 459 g/mol. The number of aliphatic hydroxyl groups is 1. The maximum absolute atomic E-state index is 14.1. The number of aromatic nitrogens is 2. The van der Waals surface area contributed by atoms with E-state index < -0.39 is 6.10 Å². The molecule has 1 amide bonds. The van der Waals surface area contributed by atoms with Crippen LogP contribution in [0.2, 0.25) is 0 Å². The predicted octanol–water partition coefficient (Wildman–Crippen LogP) is 4.01. The van der Waals surface area contributed by atoms with Gasteiger partial charge in [-0.2, -0.15) is 0 Å². The number of anilines is 1. The molecule has 4 rings (SSSR count). The molecule has 0 saturated carbocycles. The Morgan fingerprint density at radius 1 is 1.09 bits per heavy atom. The largest absolute Gasteiger partial charge is 0.507 e. The molecule has 1 fully saturated rings. The SMILES string of the molecule is CC(C)(C)C[C@@H](O)C(=O)N1CCN(c2nc(-c3ccccc3O)nc3ccc(F)cc23)CC1.Cl. The van der Waals surface area contributed by atoms with Crippen LogP contribution in [-0.4, -0.2) is 63.3 Å². The van der Waals surface area contributed by atoms with Crippen molar-refractivity contribution in [2.45, 2.75) is 33.3 Å². The van der Waals surface area contributed by atoms with Crippen LogP contribution >= 0.6 is 12.4 Å². The van der Waals surface area contributed by atoms with Gasteiger partial charge >= 0.3 is 0 Å². The molecule has 182 valence electrons. The topological polar surface area (TPSA) is 89.8 Å². The van der Waals surface area contributed by atoms with Crippen LogP contribution in [-0.2, 0) is 4.79 Å². The molecule has 0 spiro atoms. The average Bonchev–Trinajstić information content (AvgIpc) is 2.77. The van der Waals surface area contributed by atoms with Crippen LogP contribution in [0.15, 0.2) is 42.5 Å². The number of phenols is 1. The number of fused-ring (bicyclic) bond motifs is 1. The molecule has 1 saturated heterocycles. The molecule has 2 N–H and O–H groups in total. The van der Waals surface area contributed by atoms with Crippen LogP contribution in [0, 0.1) is 11.2 Å². The van der Waals surface area contributed by atoms with Crippen LogP contribution in [0.5, 0.6) is 5.75 Å². The first-order valence-electron chi connectivity index (χ1n) is 11.1. The number of hydrogen-bond donors (Lipinski definition) is 2. The third kappa shape index (κ3) is 5.56. The maximum atomic E-state index is 14.1. The second-order valence-electron chi connectivity index (χ2n) is 9.64. The average molecular weight is 489 g/mol. The summed E-state index contributed by atoms with van der Waals surface area (Å²) in [6, 6.07) is 11.2. The number of hydrogen-bond acceptors (Lipinski definition) is 6. The van der Waals surface area contributed by atoms with E-state index in [2.05, 4.69) is 9.97 Å². The second kappa shape index (κ2) is 10.1. The van der Waals surface area contributed by atoms with Crippen LogP contribution < -0.4 is 4.90 Å². The van der Waals surface area contributed by atoms with Crippen LogP contribution in [0.3, 0.4) is 0 Å². The van der Waals surface area contributed by atoms with E-state index in [-0.39, 0.29) is 35.3 Å². The number of aliphatic hydroxyl groups excluding tert-OH is 1. The van der Waals surface area contributed by atoms with Gasteiger partial charge < -0.3 is 20.0 Å². The van der Waals surface area contributed by atoms with E-state index in [4.69, 9.17) is 0 Å². The lowest BCUT2D eigenvalue weighted by atomic mass is 9.89. The van der Waals surface area contributed by atoms with Gasteiger partial charge in [-0.3, -0.25) is 4.79 Å². The van der Waals surface area contributed by atoms with E-state index in [1.807, 2.05) is 25.7 Å². The van der Waals surface area contributed by atoms with Crippen LogP contribution in [0.1, 0.15) is 27.2 Å². The first-order chi connectivity index (χ1) is 15.6. The molecule has 9 heteroatoms. The molecule has 2 aromatic carbocycles. The maximum Gasteiger partial charge on any atom is 0.251 e. The Labute approximate surface area is 204 Å². The van der Waals surface area contributed by atoms with Gasteiger partial charge in [0, 0.05) is 31.6 Å². The molecular formula is C25H30ClFN4O3. The fourth-order valence-corrected chi connectivity index (χ4v) is 4.13. The fraction of sp³-hybridized carbons (Fsp3) is 0.400. The number of phenolic OH excluding ortho intramolecular Hbond substituents is 1. The molecule has 1 aromatic heterocycles. The molecule has 0 bridgehead atoms. The molecule has 2 heterocycles. The number of aromatic hydroxyl groups is 1. The van der Waals surface area contributed by atoms with E-state index in [0.717, 1.165) is 0 Å². The number of carbonyl (C=O) groups is 1. The van der Waals surface area contributed by atoms with Gasteiger partial charge in [0.25, 0.3) is 5.91 Å². The van der Waals surface area contributed by atoms with Gasteiger partial charge in [-0.15, -0.1) is 12.4 Å². The lowest BCUT2D eigenvalue weighted by Crippen LogP contribution is -2.52. The quantitative estimate of drug-likeness (QED) is 0.576. The Bertz CT molecular complexity index is 1180. The zero-order valence-electron chi connectivity index (χ0n) is 19.5. The van der Waals surface area contributed by atoms with Crippen molar-refractivity contribution < 1.29 is 19.4 Å². The van der Waals surface area contributed by atoms with E-state index in [0.29, 0.717) is 60.7 Å². The summed E-state index contributed by atoms with van der Waals surface area (Å²) in [6.07, 6.45) is -0.635. The minimum absolute atomic E-state index is 0. The van der Waals surface area contributed by atoms with Gasteiger partial charge in [0.15, 0.2) is 5.82 Å². The summed E-state index contributed by atoms with van der Waals surface area (Å²) in [5, 5.41) is 21.2. The normalized spacial score (nSPS) is 15.2. The highest BCUT2D eigenvalue weighted by atomic mass is 35.5. The van der Waals surface area contributed by atoms with E-state index >= 15 is 0 Å². The summed E-state index contributed by atoms with van der Waals surface area (Å²) in [6.45, 7) is 7.78. The van der Waals surface area contributed by atoms with Crippen molar-refractivity contribution in [3.63, 3.8) is 0 Å². The number of carbonyl (C=O) groups excluding carboxylic acids is 1. The number of nitrogens with zero attached hydrogens (tertiary/aromatic N) is 4. The fourth-order valence-electron chi connectivity index (χ4n) is 4.13. The Hall–Kier alpha value is -2.97. The monoisotopic (exact) mass is 488 g/mol. The molecule has 34 heavy (non-hydrogen) atoms. The summed E-state index contributed by atoms with van der Waals surface area (Å²) in [5.41, 5.74) is 0.906.